The zero-order valence-corrected chi connectivity index (χ0v) is 26.3. The highest BCUT2D eigenvalue weighted by Gasteiger charge is 2.59. The van der Waals surface area contributed by atoms with Gasteiger partial charge in [-0.25, -0.2) is 4.79 Å². The third kappa shape index (κ3) is 6.26. The third-order valence-corrected chi connectivity index (χ3v) is 13.0. The molecule has 0 aromatic heterocycles. The molecule has 3 aliphatic rings. The molecule has 3 heterocycles. The van der Waals surface area contributed by atoms with Crippen LogP contribution in [-0.2, 0) is 23.4 Å². The number of carbonyl (C=O) groups is 1. The summed E-state index contributed by atoms with van der Waals surface area (Å²) in [5, 5.41) is 2.07. The molecule has 3 rings (SSSR count). The van der Waals surface area contributed by atoms with Crippen LogP contribution in [0.25, 0.3) is 0 Å². The minimum Gasteiger partial charge on any atom is -0.444 e. The standard InChI is InChI=1S/C26H48N2O6SSi/c1-23(2,3)33-22(29)28-17(16-30-25(28,7)8)18(34-36(12,13)24(4,5)6)19-20(32-26(9,10)31-19)21-27(11)14-15-35-21/h14-15,17-21H,16H2,1-13H3/t17-,18+,19+,20-,21?/m1/s1. The first-order valence-corrected chi connectivity index (χ1v) is 16.7. The molecule has 5 atom stereocenters. The van der Waals surface area contributed by atoms with Crippen molar-refractivity contribution in [3.63, 3.8) is 0 Å². The Morgan fingerprint density at radius 2 is 1.72 bits per heavy atom. The maximum Gasteiger partial charge on any atom is 0.412 e. The van der Waals surface area contributed by atoms with Crippen LogP contribution >= 0.6 is 11.8 Å². The van der Waals surface area contributed by atoms with Gasteiger partial charge < -0.3 is 28.3 Å². The Kier molecular flexibility index (Phi) is 8.06. The fraction of sp³-hybridized carbons (Fsp3) is 0.885. The number of carbonyl (C=O) groups excluding carboxylic acids is 1. The SMILES string of the molecule is CN1C=CSC1[C@@H]1OC(C)(C)O[C@H]1[C@@H](O[Si](C)(C)C(C)(C)C)[C@H]1COC(C)(C)N1C(=O)OC(C)(C)C. The Labute approximate surface area is 223 Å². The van der Waals surface area contributed by atoms with E-state index in [-0.39, 0.29) is 16.5 Å². The van der Waals surface area contributed by atoms with E-state index in [0.717, 1.165) is 0 Å². The number of ether oxygens (including phenoxy) is 4. The average Bonchev–Trinajstić information content (AvgIpc) is 3.31. The monoisotopic (exact) mass is 544 g/mol. The molecule has 1 unspecified atom stereocenters. The Morgan fingerprint density at radius 1 is 1.11 bits per heavy atom. The average molecular weight is 545 g/mol. The molecule has 10 heteroatoms. The molecule has 0 N–H and O–H groups in total. The van der Waals surface area contributed by atoms with Crippen molar-refractivity contribution in [3.8, 4) is 0 Å². The van der Waals surface area contributed by atoms with Crippen molar-refractivity contribution in [3.05, 3.63) is 11.6 Å². The summed E-state index contributed by atoms with van der Waals surface area (Å²) in [7, 11) is -0.252. The van der Waals surface area contributed by atoms with Crippen molar-refractivity contribution >= 4 is 26.2 Å². The van der Waals surface area contributed by atoms with Crippen LogP contribution in [0, 0.1) is 0 Å². The van der Waals surface area contributed by atoms with E-state index < -0.39 is 49.8 Å². The number of amides is 1. The quantitative estimate of drug-likeness (QED) is 0.406. The number of thioether (sulfide) groups is 1. The zero-order valence-electron chi connectivity index (χ0n) is 24.5. The first kappa shape index (κ1) is 29.8. The van der Waals surface area contributed by atoms with E-state index in [1.807, 2.05) is 55.5 Å². The summed E-state index contributed by atoms with van der Waals surface area (Å²) in [6.45, 7) is 24.7. The first-order valence-electron chi connectivity index (χ1n) is 12.9. The normalized spacial score (nSPS) is 31.2. The van der Waals surface area contributed by atoms with Gasteiger partial charge in [0.2, 0.25) is 0 Å². The predicted octanol–water partition coefficient (Wildman–Crippen LogP) is 5.74. The van der Waals surface area contributed by atoms with Crippen LogP contribution in [0.4, 0.5) is 4.79 Å². The molecule has 0 aromatic rings. The van der Waals surface area contributed by atoms with Crippen LogP contribution in [0.1, 0.15) is 69.2 Å². The third-order valence-electron chi connectivity index (χ3n) is 7.41. The van der Waals surface area contributed by atoms with Gasteiger partial charge in [-0.15, -0.1) is 11.8 Å². The van der Waals surface area contributed by atoms with E-state index in [9.17, 15) is 4.79 Å². The molecule has 208 valence electrons. The summed E-state index contributed by atoms with van der Waals surface area (Å²) in [4.78, 5) is 17.4. The number of hydrogen-bond donors (Lipinski definition) is 0. The molecule has 1 amide bonds. The highest BCUT2D eigenvalue weighted by atomic mass is 32.2. The van der Waals surface area contributed by atoms with Crippen LogP contribution in [-0.4, -0.2) is 84.7 Å². The van der Waals surface area contributed by atoms with Crippen molar-refractivity contribution < 1.29 is 28.2 Å². The lowest BCUT2D eigenvalue weighted by molar-refractivity contribution is -0.158. The molecular weight excluding hydrogens is 496 g/mol. The van der Waals surface area contributed by atoms with E-state index in [4.69, 9.17) is 23.4 Å². The van der Waals surface area contributed by atoms with Crippen molar-refractivity contribution in [1.29, 1.82) is 0 Å². The Morgan fingerprint density at radius 3 is 2.22 bits per heavy atom. The minimum atomic E-state index is -2.30. The Bertz CT molecular complexity index is 850. The Balaban J connectivity index is 2.06. The zero-order chi connectivity index (χ0) is 27.5. The molecule has 0 spiro atoms. The maximum atomic E-state index is 13.6. The molecule has 8 nitrogen and oxygen atoms in total. The fourth-order valence-corrected chi connectivity index (χ4v) is 6.99. The van der Waals surface area contributed by atoms with Crippen molar-refractivity contribution in [2.45, 2.75) is 134 Å². The van der Waals surface area contributed by atoms with Crippen LogP contribution in [0.2, 0.25) is 18.1 Å². The molecule has 2 saturated heterocycles. The second-order valence-electron chi connectivity index (χ2n) is 13.6. The number of hydrogen-bond acceptors (Lipinski definition) is 8. The van der Waals surface area contributed by atoms with Crippen LogP contribution in [0.5, 0.6) is 0 Å². The summed E-state index contributed by atoms with van der Waals surface area (Å²) in [5.74, 6) is -0.792. The number of likely N-dealkylation sites (N-methyl/N-ethyl adjacent to an activating group) is 1. The van der Waals surface area contributed by atoms with E-state index >= 15 is 0 Å². The van der Waals surface area contributed by atoms with E-state index in [0.29, 0.717) is 6.61 Å². The van der Waals surface area contributed by atoms with Gasteiger partial charge in [0.05, 0.1) is 18.8 Å². The second kappa shape index (κ2) is 9.75. The van der Waals surface area contributed by atoms with E-state index in [1.54, 1.807) is 16.7 Å². The molecule has 3 aliphatic heterocycles. The van der Waals surface area contributed by atoms with Crippen LogP contribution < -0.4 is 0 Å². The smallest absolute Gasteiger partial charge is 0.412 e. The lowest BCUT2D eigenvalue weighted by Crippen LogP contribution is -2.61. The number of rotatable bonds is 5. The van der Waals surface area contributed by atoms with Crippen molar-refractivity contribution in [2.24, 2.45) is 0 Å². The van der Waals surface area contributed by atoms with Gasteiger partial charge in [0.1, 0.15) is 28.9 Å². The lowest BCUT2D eigenvalue weighted by atomic mass is 9.99. The maximum absolute atomic E-state index is 13.6. The minimum absolute atomic E-state index is 0.0348. The molecule has 0 bridgehead atoms. The highest BCUT2D eigenvalue weighted by molar-refractivity contribution is 8.02. The highest BCUT2D eigenvalue weighted by Crippen LogP contribution is 2.45. The van der Waals surface area contributed by atoms with Crippen molar-refractivity contribution in [1.82, 2.24) is 9.80 Å². The predicted molar refractivity (Wildman–Crippen MR) is 146 cm³/mol. The summed E-state index contributed by atoms with van der Waals surface area (Å²) < 4.78 is 32.4. The van der Waals surface area contributed by atoms with E-state index in [1.165, 1.54) is 0 Å². The summed E-state index contributed by atoms with van der Waals surface area (Å²) in [5.41, 5.74) is -1.49. The summed E-state index contributed by atoms with van der Waals surface area (Å²) in [6.07, 6.45) is 0.481. The molecule has 2 fully saturated rings. The summed E-state index contributed by atoms with van der Waals surface area (Å²) >= 11 is 1.71. The molecule has 0 saturated carbocycles. The second-order valence-corrected chi connectivity index (χ2v) is 19.3. The van der Waals surface area contributed by atoms with Gasteiger partial charge in [-0.05, 0) is 72.0 Å². The lowest BCUT2D eigenvalue weighted by Gasteiger charge is -2.45. The van der Waals surface area contributed by atoms with Gasteiger partial charge in [-0.2, -0.15) is 0 Å². The molecule has 0 radical (unpaired) electrons. The Hall–Kier alpha value is -0.783. The van der Waals surface area contributed by atoms with Gasteiger partial charge >= 0.3 is 6.09 Å². The molecule has 0 aromatic carbocycles. The van der Waals surface area contributed by atoms with Gasteiger partial charge in [0.15, 0.2) is 14.1 Å². The van der Waals surface area contributed by atoms with Gasteiger partial charge in [0, 0.05) is 13.2 Å². The number of nitrogens with zero attached hydrogens (tertiary/aromatic N) is 2. The van der Waals surface area contributed by atoms with Crippen LogP contribution in [0.15, 0.2) is 11.6 Å². The summed E-state index contributed by atoms with van der Waals surface area (Å²) in [6, 6.07) is -0.404. The van der Waals surface area contributed by atoms with Crippen LogP contribution in [0.3, 0.4) is 0 Å². The van der Waals surface area contributed by atoms with Gasteiger partial charge in [-0.3, -0.25) is 4.90 Å². The van der Waals surface area contributed by atoms with E-state index in [2.05, 4.69) is 50.4 Å². The molecule has 0 aliphatic carbocycles. The fourth-order valence-electron chi connectivity index (χ4n) is 4.62. The topological polar surface area (TPSA) is 69.7 Å². The van der Waals surface area contributed by atoms with Gasteiger partial charge in [-0.1, -0.05) is 20.8 Å². The van der Waals surface area contributed by atoms with Crippen molar-refractivity contribution in [2.75, 3.05) is 13.7 Å². The molecule has 36 heavy (non-hydrogen) atoms. The molecular formula is C26H48N2O6SSi. The largest absolute Gasteiger partial charge is 0.444 e. The van der Waals surface area contributed by atoms with Gasteiger partial charge in [0.25, 0.3) is 0 Å². The first-order chi connectivity index (χ1) is 16.2.